The molecular formula is C15H17F3N2O3. The number of hydrogen-bond donors (Lipinski definition) is 2. The minimum atomic E-state index is -4.23. The van der Waals surface area contributed by atoms with Gasteiger partial charge in [0, 0.05) is 25.0 Å². The summed E-state index contributed by atoms with van der Waals surface area (Å²) in [5.41, 5.74) is -0.0636. The summed E-state index contributed by atoms with van der Waals surface area (Å²) in [6.45, 7) is 1.83. The van der Waals surface area contributed by atoms with Crippen molar-refractivity contribution in [3.05, 3.63) is 35.4 Å². The van der Waals surface area contributed by atoms with Gasteiger partial charge in [0.05, 0.1) is 12.0 Å². The highest BCUT2D eigenvalue weighted by molar-refractivity contribution is 5.87. The fourth-order valence-corrected chi connectivity index (χ4v) is 2.67. The lowest BCUT2D eigenvalue weighted by Gasteiger charge is -2.48. The van der Waals surface area contributed by atoms with E-state index in [4.69, 9.17) is 5.11 Å². The van der Waals surface area contributed by atoms with Crippen molar-refractivity contribution in [1.29, 1.82) is 0 Å². The van der Waals surface area contributed by atoms with Crippen molar-refractivity contribution in [2.45, 2.75) is 26.1 Å². The number of carbonyl (C=O) groups excluding carboxylic acids is 1. The molecule has 0 aromatic heterocycles. The van der Waals surface area contributed by atoms with Crippen LogP contribution in [0.3, 0.4) is 0 Å². The molecule has 0 radical (unpaired) electrons. The van der Waals surface area contributed by atoms with E-state index in [0.29, 0.717) is 5.56 Å². The lowest BCUT2D eigenvalue weighted by molar-refractivity contribution is -0.172. The van der Waals surface area contributed by atoms with Crippen molar-refractivity contribution in [3.8, 4) is 0 Å². The number of nitrogens with zero attached hydrogens (tertiary/aromatic N) is 1. The average molecular weight is 330 g/mol. The first-order valence-corrected chi connectivity index (χ1v) is 7.00. The number of nitrogens with one attached hydrogen (secondary N) is 1. The Morgan fingerprint density at radius 3 is 2.30 bits per heavy atom. The summed E-state index contributed by atoms with van der Waals surface area (Å²) in [6.07, 6.45) is -5.14. The molecule has 2 rings (SSSR count). The molecule has 0 aliphatic carbocycles. The molecule has 126 valence electrons. The third kappa shape index (κ3) is 4.61. The molecule has 23 heavy (non-hydrogen) atoms. The highest BCUT2D eigenvalue weighted by Gasteiger charge is 2.48. The second-order valence-electron chi connectivity index (χ2n) is 6.12. The molecule has 1 aliphatic heterocycles. The Hall–Kier alpha value is -2.25. The topological polar surface area (TPSA) is 69.6 Å². The Bertz CT molecular complexity index is 593. The van der Waals surface area contributed by atoms with E-state index < -0.39 is 30.0 Å². The first-order chi connectivity index (χ1) is 10.6. The zero-order chi connectivity index (χ0) is 17.3. The quantitative estimate of drug-likeness (QED) is 0.892. The van der Waals surface area contributed by atoms with Gasteiger partial charge in [-0.05, 0) is 17.7 Å². The van der Waals surface area contributed by atoms with Gasteiger partial charge in [0.15, 0.2) is 0 Å². The van der Waals surface area contributed by atoms with Crippen LogP contribution in [0.1, 0.15) is 29.3 Å². The number of urea groups is 1. The van der Waals surface area contributed by atoms with Gasteiger partial charge in [-0.2, -0.15) is 13.2 Å². The van der Waals surface area contributed by atoms with Gasteiger partial charge in [0.1, 0.15) is 0 Å². The van der Waals surface area contributed by atoms with E-state index in [-0.39, 0.29) is 25.2 Å². The number of hydrogen-bond acceptors (Lipinski definition) is 2. The smallest absolute Gasteiger partial charge is 0.389 e. The van der Waals surface area contributed by atoms with Gasteiger partial charge in [-0.15, -0.1) is 0 Å². The summed E-state index contributed by atoms with van der Waals surface area (Å²) >= 11 is 0. The van der Waals surface area contributed by atoms with E-state index in [0.717, 1.165) is 0 Å². The number of amides is 2. The Kier molecular flexibility index (Phi) is 4.53. The Balaban J connectivity index is 1.79. The summed E-state index contributed by atoms with van der Waals surface area (Å²) in [5, 5.41) is 11.4. The van der Waals surface area contributed by atoms with Crippen molar-refractivity contribution >= 4 is 12.0 Å². The van der Waals surface area contributed by atoms with Crippen LogP contribution in [-0.4, -0.2) is 41.3 Å². The van der Waals surface area contributed by atoms with Crippen LogP contribution in [0.4, 0.5) is 18.0 Å². The molecule has 1 fully saturated rings. The number of aromatic carboxylic acids is 1. The van der Waals surface area contributed by atoms with E-state index in [9.17, 15) is 22.8 Å². The highest BCUT2D eigenvalue weighted by atomic mass is 19.4. The predicted octanol–water partition coefficient (Wildman–Crippen LogP) is 2.87. The van der Waals surface area contributed by atoms with Crippen molar-refractivity contribution in [2.24, 2.45) is 5.41 Å². The first-order valence-electron chi connectivity index (χ1n) is 7.00. The lowest BCUT2D eigenvalue weighted by Crippen LogP contribution is -2.60. The molecule has 5 nitrogen and oxygen atoms in total. The normalized spacial score (nSPS) is 16.6. The fourth-order valence-electron chi connectivity index (χ4n) is 2.67. The second kappa shape index (κ2) is 6.10. The van der Waals surface area contributed by atoms with Crippen LogP contribution in [0.25, 0.3) is 0 Å². The zero-order valence-corrected chi connectivity index (χ0v) is 12.5. The number of carboxylic acid groups (broad SMARTS) is 1. The van der Waals surface area contributed by atoms with E-state index >= 15 is 0 Å². The molecule has 1 saturated heterocycles. The zero-order valence-electron chi connectivity index (χ0n) is 12.5. The maximum atomic E-state index is 12.4. The van der Waals surface area contributed by atoms with Crippen molar-refractivity contribution < 1.29 is 27.9 Å². The van der Waals surface area contributed by atoms with E-state index in [2.05, 4.69) is 5.32 Å². The third-order valence-corrected chi connectivity index (χ3v) is 3.70. The second-order valence-corrected chi connectivity index (χ2v) is 6.12. The Labute approximate surface area is 131 Å². The monoisotopic (exact) mass is 330 g/mol. The van der Waals surface area contributed by atoms with Crippen molar-refractivity contribution in [3.63, 3.8) is 0 Å². The number of halogens is 3. The maximum absolute atomic E-state index is 12.4. The van der Waals surface area contributed by atoms with Crippen LogP contribution >= 0.6 is 0 Å². The van der Waals surface area contributed by atoms with Gasteiger partial charge in [-0.1, -0.05) is 19.1 Å². The van der Waals surface area contributed by atoms with Crippen LogP contribution < -0.4 is 5.32 Å². The van der Waals surface area contributed by atoms with Gasteiger partial charge in [0.2, 0.25) is 0 Å². The molecule has 2 amide bonds. The summed E-state index contributed by atoms with van der Waals surface area (Å²) in [7, 11) is 0. The van der Waals surface area contributed by atoms with Crippen LogP contribution in [0, 0.1) is 5.41 Å². The standard InChI is InChI=1S/C15H17F3N2O3/c1-14(7-15(16,17)18)8-20(9-14)13(23)19-6-10-2-4-11(5-3-10)12(21)22/h2-5H,6-9H2,1H3,(H,19,23)(H,21,22). The molecule has 1 aromatic carbocycles. The molecule has 8 heteroatoms. The molecule has 2 N–H and O–H groups in total. The molecule has 0 atom stereocenters. The number of alkyl halides is 3. The Morgan fingerprint density at radius 2 is 1.83 bits per heavy atom. The van der Waals surface area contributed by atoms with Crippen LogP contribution in [0.2, 0.25) is 0 Å². The maximum Gasteiger partial charge on any atom is 0.389 e. The van der Waals surface area contributed by atoms with Gasteiger partial charge >= 0.3 is 18.2 Å². The first kappa shape index (κ1) is 17.1. The Morgan fingerprint density at radius 1 is 1.26 bits per heavy atom. The minimum absolute atomic E-state index is 0.0658. The van der Waals surface area contributed by atoms with E-state index in [1.807, 2.05) is 0 Å². The SMILES string of the molecule is CC1(CC(F)(F)F)CN(C(=O)NCc2ccc(C(=O)O)cc2)C1. The molecular weight excluding hydrogens is 313 g/mol. The van der Waals surface area contributed by atoms with Gasteiger partial charge in [-0.3, -0.25) is 0 Å². The van der Waals surface area contributed by atoms with Crippen molar-refractivity contribution in [2.75, 3.05) is 13.1 Å². The van der Waals surface area contributed by atoms with Crippen molar-refractivity contribution in [1.82, 2.24) is 10.2 Å². The van der Waals surface area contributed by atoms with Crippen LogP contribution in [-0.2, 0) is 6.54 Å². The number of likely N-dealkylation sites (tertiary alicyclic amines) is 1. The highest BCUT2D eigenvalue weighted by Crippen LogP contribution is 2.40. The molecule has 0 bridgehead atoms. The number of rotatable bonds is 4. The van der Waals surface area contributed by atoms with Gasteiger partial charge < -0.3 is 15.3 Å². The fraction of sp³-hybridized carbons (Fsp3) is 0.467. The summed E-state index contributed by atoms with van der Waals surface area (Å²) in [5.74, 6) is -1.04. The molecule has 1 aliphatic rings. The summed E-state index contributed by atoms with van der Waals surface area (Å²) in [6, 6.07) is 5.58. The number of carboxylic acids is 1. The third-order valence-electron chi connectivity index (χ3n) is 3.70. The average Bonchev–Trinajstić information content (AvgIpc) is 2.40. The number of carbonyl (C=O) groups is 2. The summed E-state index contributed by atoms with van der Waals surface area (Å²) < 4.78 is 37.2. The molecule has 0 unspecified atom stereocenters. The van der Waals surface area contributed by atoms with E-state index in [1.54, 1.807) is 12.1 Å². The molecule has 0 spiro atoms. The van der Waals surface area contributed by atoms with E-state index in [1.165, 1.54) is 24.0 Å². The lowest BCUT2D eigenvalue weighted by atomic mass is 9.79. The molecule has 0 saturated carbocycles. The van der Waals surface area contributed by atoms with Crippen LogP contribution in [0.5, 0.6) is 0 Å². The number of benzene rings is 1. The minimum Gasteiger partial charge on any atom is -0.478 e. The molecule has 1 aromatic rings. The van der Waals surface area contributed by atoms with Crippen LogP contribution in [0.15, 0.2) is 24.3 Å². The largest absolute Gasteiger partial charge is 0.478 e. The predicted molar refractivity (Wildman–Crippen MR) is 76.0 cm³/mol. The molecule has 1 heterocycles. The van der Waals surface area contributed by atoms with Gasteiger partial charge in [0.25, 0.3) is 0 Å². The summed E-state index contributed by atoms with van der Waals surface area (Å²) in [4.78, 5) is 23.9. The van der Waals surface area contributed by atoms with Gasteiger partial charge in [-0.25, -0.2) is 9.59 Å².